The largest absolute Gasteiger partial charge is 0.469 e. The standard InChI is InChI=1S/C18H22N2O5/c1-24-17(22)8-3-2-5-11-19-18(23)15-10-9-14(25-15)13-20-12-6-4-7-16(20)21/h4,6-7,9-10,12H,2-3,5,8,11,13H2,1H3,(H,19,23). The Morgan fingerprint density at radius 3 is 2.76 bits per heavy atom. The lowest BCUT2D eigenvalue weighted by Gasteiger charge is -2.04. The Morgan fingerprint density at radius 1 is 1.16 bits per heavy atom. The lowest BCUT2D eigenvalue weighted by Crippen LogP contribution is -2.24. The third kappa shape index (κ3) is 5.95. The number of aromatic nitrogens is 1. The van der Waals surface area contributed by atoms with E-state index in [1.165, 1.54) is 17.7 Å². The molecule has 0 atom stereocenters. The number of pyridine rings is 1. The maximum atomic E-state index is 12.0. The minimum atomic E-state index is -0.292. The molecule has 25 heavy (non-hydrogen) atoms. The number of carbonyl (C=O) groups is 2. The molecule has 2 aromatic heterocycles. The van der Waals surface area contributed by atoms with Crippen molar-refractivity contribution in [3.05, 3.63) is 58.4 Å². The highest BCUT2D eigenvalue weighted by atomic mass is 16.5. The highest BCUT2D eigenvalue weighted by Gasteiger charge is 2.11. The molecular formula is C18H22N2O5. The summed E-state index contributed by atoms with van der Waals surface area (Å²) in [6.07, 6.45) is 4.40. The third-order valence-corrected chi connectivity index (χ3v) is 3.68. The van der Waals surface area contributed by atoms with Crippen molar-refractivity contribution in [1.82, 2.24) is 9.88 Å². The van der Waals surface area contributed by atoms with E-state index in [9.17, 15) is 14.4 Å². The number of rotatable bonds is 9. The molecule has 7 heteroatoms. The number of carbonyl (C=O) groups excluding carboxylic acids is 2. The Morgan fingerprint density at radius 2 is 2.00 bits per heavy atom. The van der Waals surface area contributed by atoms with Gasteiger partial charge in [0.2, 0.25) is 0 Å². The smallest absolute Gasteiger partial charge is 0.305 e. The van der Waals surface area contributed by atoms with E-state index in [2.05, 4.69) is 10.1 Å². The second-order valence-corrected chi connectivity index (χ2v) is 5.58. The van der Waals surface area contributed by atoms with Crippen molar-refractivity contribution >= 4 is 11.9 Å². The molecule has 0 unspecified atom stereocenters. The molecule has 7 nitrogen and oxygen atoms in total. The summed E-state index contributed by atoms with van der Waals surface area (Å²) in [5.74, 6) is 0.245. The van der Waals surface area contributed by atoms with Crippen molar-refractivity contribution < 1.29 is 18.7 Å². The van der Waals surface area contributed by atoms with Gasteiger partial charge in [-0.15, -0.1) is 0 Å². The quantitative estimate of drug-likeness (QED) is 0.554. The molecule has 0 bridgehead atoms. The normalized spacial score (nSPS) is 10.4. The molecule has 2 aromatic rings. The predicted octanol–water partition coefficient (Wildman–Crippen LogP) is 1.95. The Hall–Kier alpha value is -2.83. The molecule has 2 heterocycles. The molecule has 0 aliphatic rings. The van der Waals surface area contributed by atoms with E-state index in [0.717, 1.165) is 19.3 Å². The zero-order valence-corrected chi connectivity index (χ0v) is 14.2. The zero-order chi connectivity index (χ0) is 18.1. The second kappa shape index (κ2) is 9.46. The van der Waals surface area contributed by atoms with Gasteiger partial charge in [-0.25, -0.2) is 0 Å². The number of hydrogen-bond donors (Lipinski definition) is 1. The third-order valence-electron chi connectivity index (χ3n) is 3.68. The predicted molar refractivity (Wildman–Crippen MR) is 91.3 cm³/mol. The van der Waals surface area contributed by atoms with Gasteiger partial charge in [-0.3, -0.25) is 14.4 Å². The van der Waals surface area contributed by atoms with Gasteiger partial charge < -0.3 is 19.0 Å². The first-order valence-electron chi connectivity index (χ1n) is 8.19. The minimum absolute atomic E-state index is 0.128. The summed E-state index contributed by atoms with van der Waals surface area (Å²) in [5.41, 5.74) is -0.128. The first-order chi connectivity index (χ1) is 12.1. The summed E-state index contributed by atoms with van der Waals surface area (Å²) >= 11 is 0. The van der Waals surface area contributed by atoms with Crippen LogP contribution in [0.3, 0.4) is 0 Å². The van der Waals surface area contributed by atoms with E-state index in [1.807, 2.05) is 0 Å². The fraction of sp³-hybridized carbons (Fsp3) is 0.389. The average Bonchev–Trinajstić information content (AvgIpc) is 3.08. The van der Waals surface area contributed by atoms with Crippen LogP contribution in [-0.4, -0.2) is 30.1 Å². The van der Waals surface area contributed by atoms with Crippen LogP contribution in [0.1, 0.15) is 42.0 Å². The highest BCUT2D eigenvalue weighted by Crippen LogP contribution is 2.09. The number of amides is 1. The number of esters is 1. The van der Waals surface area contributed by atoms with Gasteiger partial charge in [0.15, 0.2) is 5.76 Å². The summed E-state index contributed by atoms with van der Waals surface area (Å²) in [7, 11) is 1.37. The summed E-state index contributed by atoms with van der Waals surface area (Å²) in [4.78, 5) is 34.6. The van der Waals surface area contributed by atoms with Crippen LogP contribution in [0, 0.1) is 0 Å². The van der Waals surface area contributed by atoms with Gasteiger partial charge in [-0.1, -0.05) is 12.5 Å². The van der Waals surface area contributed by atoms with E-state index in [0.29, 0.717) is 18.7 Å². The highest BCUT2D eigenvalue weighted by molar-refractivity contribution is 5.91. The van der Waals surface area contributed by atoms with Gasteiger partial charge in [-0.05, 0) is 31.0 Å². The monoisotopic (exact) mass is 346 g/mol. The lowest BCUT2D eigenvalue weighted by atomic mass is 10.2. The maximum absolute atomic E-state index is 12.0. The topological polar surface area (TPSA) is 90.5 Å². The molecule has 1 amide bonds. The summed E-state index contributed by atoms with van der Waals surface area (Å²) in [6, 6.07) is 8.18. The van der Waals surface area contributed by atoms with Crippen LogP contribution < -0.4 is 10.9 Å². The number of ether oxygens (including phenoxy) is 1. The van der Waals surface area contributed by atoms with Gasteiger partial charge >= 0.3 is 5.97 Å². The molecule has 1 N–H and O–H groups in total. The molecule has 0 radical (unpaired) electrons. The van der Waals surface area contributed by atoms with Gasteiger partial charge in [0.25, 0.3) is 11.5 Å². The summed E-state index contributed by atoms with van der Waals surface area (Å²) in [6.45, 7) is 0.786. The van der Waals surface area contributed by atoms with Crippen molar-refractivity contribution in [3.8, 4) is 0 Å². The molecule has 134 valence electrons. The fourth-order valence-corrected chi connectivity index (χ4v) is 2.31. The van der Waals surface area contributed by atoms with Crippen LogP contribution in [0.2, 0.25) is 0 Å². The molecule has 0 aromatic carbocycles. The maximum Gasteiger partial charge on any atom is 0.305 e. The van der Waals surface area contributed by atoms with Gasteiger partial charge in [0, 0.05) is 25.2 Å². The Bertz CT molecular complexity index is 763. The Balaban J connectivity index is 1.74. The van der Waals surface area contributed by atoms with E-state index in [4.69, 9.17) is 4.42 Å². The molecule has 0 aliphatic carbocycles. The van der Waals surface area contributed by atoms with Crippen LogP contribution in [0.4, 0.5) is 0 Å². The first-order valence-corrected chi connectivity index (χ1v) is 8.19. The Kier molecular flexibility index (Phi) is 7.00. The minimum Gasteiger partial charge on any atom is -0.469 e. The van der Waals surface area contributed by atoms with Crippen LogP contribution in [0.25, 0.3) is 0 Å². The van der Waals surface area contributed by atoms with Gasteiger partial charge in [0.1, 0.15) is 5.76 Å². The van der Waals surface area contributed by atoms with E-state index in [-0.39, 0.29) is 29.7 Å². The van der Waals surface area contributed by atoms with Crippen LogP contribution in [0.15, 0.2) is 45.7 Å². The molecule has 0 spiro atoms. The number of methoxy groups -OCH3 is 1. The summed E-state index contributed by atoms with van der Waals surface area (Å²) in [5, 5.41) is 2.77. The molecular weight excluding hydrogens is 324 g/mol. The summed E-state index contributed by atoms with van der Waals surface area (Å²) < 4.78 is 11.6. The number of unbranched alkanes of at least 4 members (excludes halogenated alkanes) is 2. The van der Waals surface area contributed by atoms with Crippen LogP contribution >= 0.6 is 0 Å². The molecule has 0 aliphatic heterocycles. The molecule has 0 fully saturated rings. The van der Waals surface area contributed by atoms with Crippen molar-refractivity contribution in [1.29, 1.82) is 0 Å². The van der Waals surface area contributed by atoms with E-state index < -0.39 is 0 Å². The zero-order valence-electron chi connectivity index (χ0n) is 14.2. The number of nitrogens with one attached hydrogen (secondary N) is 1. The number of furan rings is 1. The first kappa shape index (κ1) is 18.5. The molecule has 0 saturated heterocycles. The van der Waals surface area contributed by atoms with Crippen LogP contribution in [0.5, 0.6) is 0 Å². The van der Waals surface area contributed by atoms with Crippen LogP contribution in [-0.2, 0) is 16.1 Å². The molecule has 0 saturated carbocycles. The fourth-order valence-electron chi connectivity index (χ4n) is 2.31. The number of nitrogens with zero attached hydrogens (tertiary/aromatic N) is 1. The van der Waals surface area contributed by atoms with Crippen molar-refractivity contribution in [2.75, 3.05) is 13.7 Å². The van der Waals surface area contributed by atoms with Gasteiger partial charge in [0.05, 0.1) is 13.7 Å². The van der Waals surface area contributed by atoms with Crippen molar-refractivity contribution in [2.45, 2.75) is 32.2 Å². The molecule has 2 rings (SSSR count). The van der Waals surface area contributed by atoms with Gasteiger partial charge in [-0.2, -0.15) is 0 Å². The number of hydrogen-bond acceptors (Lipinski definition) is 5. The lowest BCUT2D eigenvalue weighted by molar-refractivity contribution is -0.140. The van der Waals surface area contributed by atoms with E-state index in [1.54, 1.807) is 30.5 Å². The SMILES string of the molecule is COC(=O)CCCCCNC(=O)c1ccc(Cn2ccccc2=O)o1. The second-order valence-electron chi connectivity index (χ2n) is 5.58. The van der Waals surface area contributed by atoms with E-state index >= 15 is 0 Å². The Labute approximate surface area is 145 Å². The van der Waals surface area contributed by atoms with Crippen molar-refractivity contribution in [3.63, 3.8) is 0 Å². The average molecular weight is 346 g/mol. The van der Waals surface area contributed by atoms with Crippen molar-refractivity contribution in [2.24, 2.45) is 0 Å².